The van der Waals surface area contributed by atoms with Crippen LogP contribution < -0.4 is 10.1 Å². The normalized spacial score (nSPS) is 24.2. The van der Waals surface area contributed by atoms with Gasteiger partial charge in [0.15, 0.2) is 0 Å². The lowest BCUT2D eigenvalue weighted by atomic mass is 9.83. The number of nitrogens with one attached hydrogen (secondary N) is 1. The molecule has 2 aromatic carbocycles. The van der Waals surface area contributed by atoms with Gasteiger partial charge >= 0.3 is 0 Å². The lowest BCUT2D eigenvalue weighted by Gasteiger charge is -2.44. The molecule has 0 bridgehead atoms. The number of rotatable bonds is 5. The number of nitrogens with zero attached hydrogens (tertiary/aromatic N) is 1. The Kier molecular flexibility index (Phi) is 7.11. The fourth-order valence-electron chi connectivity index (χ4n) is 4.40. The van der Waals surface area contributed by atoms with Gasteiger partial charge in [0, 0.05) is 41.4 Å². The molecule has 0 aromatic heterocycles. The van der Waals surface area contributed by atoms with Crippen LogP contribution in [0.4, 0.5) is 0 Å². The number of fused-ring (bicyclic) bond motifs is 1. The molecule has 2 amide bonds. The number of halogens is 1. The van der Waals surface area contributed by atoms with Gasteiger partial charge in [-0.25, -0.2) is 0 Å². The van der Waals surface area contributed by atoms with Crippen LogP contribution in [0.3, 0.4) is 0 Å². The molecule has 1 saturated carbocycles. The van der Waals surface area contributed by atoms with E-state index in [1.165, 1.54) is 0 Å². The fraction of sp³-hybridized carbons (Fsp3) is 0.360. The largest absolute Gasteiger partial charge is 0.496 e. The zero-order valence-electron chi connectivity index (χ0n) is 18.2. The number of carbonyl (C=O) groups excluding carboxylic acids is 2. The zero-order chi connectivity index (χ0) is 22.7. The van der Waals surface area contributed by atoms with Gasteiger partial charge in [0.25, 0.3) is 5.91 Å². The summed E-state index contributed by atoms with van der Waals surface area (Å²) in [6.07, 6.45) is 4.33. The van der Waals surface area contributed by atoms with E-state index < -0.39 is 0 Å². The third kappa shape index (κ3) is 4.97. The minimum Gasteiger partial charge on any atom is -0.496 e. The molecular weight excluding hydrogens is 444 g/mol. The second-order valence-corrected chi connectivity index (χ2v) is 9.96. The number of methoxy groups -OCH3 is 1. The maximum Gasteiger partial charge on any atom is 0.260 e. The number of carbonyl (C=O) groups is 2. The van der Waals surface area contributed by atoms with E-state index in [9.17, 15) is 9.59 Å². The number of hydrogen-bond acceptors (Lipinski definition) is 4. The Morgan fingerprint density at radius 2 is 1.97 bits per heavy atom. The average Bonchev–Trinajstić information content (AvgIpc) is 2.82. The number of ether oxygens (including phenoxy) is 1. The molecule has 2 fully saturated rings. The first-order valence-electron chi connectivity index (χ1n) is 10.8. The molecule has 3 atom stereocenters. The number of para-hydroxylation sites is 1. The van der Waals surface area contributed by atoms with E-state index in [0.29, 0.717) is 23.2 Å². The van der Waals surface area contributed by atoms with Crippen LogP contribution in [0.25, 0.3) is 6.08 Å². The smallest absolute Gasteiger partial charge is 0.260 e. The molecule has 32 heavy (non-hydrogen) atoms. The lowest BCUT2D eigenvalue weighted by molar-refractivity contribution is -0.132. The van der Waals surface area contributed by atoms with Crippen LogP contribution in [0.2, 0.25) is 5.02 Å². The third-order valence-electron chi connectivity index (χ3n) is 6.24. The van der Waals surface area contributed by atoms with Crippen LogP contribution in [0.5, 0.6) is 5.75 Å². The molecule has 3 unspecified atom stereocenters. The Balaban J connectivity index is 1.40. The maximum absolute atomic E-state index is 13.1. The van der Waals surface area contributed by atoms with Gasteiger partial charge in [0.2, 0.25) is 5.91 Å². The van der Waals surface area contributed by atoms with E-state index in [1.807, 2.05) is 66.6 Å². The Hall–Kier alpha value is -2.44. The summed E-state index contributed by atoms with van der Waals surface area (Å²) in [5.41, 5.74) is 1.91. The summed E-state index contributed by atoms with van der Waals surface area (Å²) in [6, 6.07) is 15.2. The van der Waals surface area contributed by atoms with Crippen molar-refractivity contribution in [1.82, 2.24) is 10.2 Å². The van der Waals surface area contributed by atoms with Crippen LogP contribution in [-0.4, -0.2) is 42.2 Å². The highest BCUT2D eigenvalue weighted by Crippen LogP contribution is 2.43. The first-order valence-corrected chi connectivity index (χ1v) is 12.0. The Labute approximate surface area is 198 Å². The molecule has 0 spiro atoms. The minimum atomic E-state index is -0.0841. The predicted molar refractivity (Wildman–Crippen MR) is 130 cm³/mol. The van der Waals surface area contributed by atoms with Gasteiger partial charge < -0.3 is 15.0 Å². The Bertz CT molecular complexity index is 1020. The standard InChI is InChI=1S/C25H27ClN2O3S/c1-28-20-13-18(24(29)27-15-16-7-10-19(26)11-8-16)9-12-22(20)32-23(25(28)30)14-17-5-3-4-6-21(17)31-2/h3-8,10-11,14,18,20,22H,9,12-13,15H2,1-2H3,(H,27,29)/b23-14+. The van der Waals surface area contributed by atoms with E-state index >= 15 is 0 Å². The van der Waals surface area contributed by atoms with E-state index in [2.05, 4.69) is 5.32 Å². The summed E-state index contributed by atoms with van der Waals surface area (Å²) in [5.74, 6) is 0.724. The molecular formula is C25H27ClN2O3S. The number of likely N-dealkylation sites (N-methyl/N-ethyl adjacent to an activating group) is 1. The molecule has 168 valence electrons. The van der Waals surface area contributed by atoms with Gasteiger partial charge in [-0.3, -0.25) is 9.59 Å². The second-order valence-electron chi connectivity index (χ2n) is 8.24. The molecule has 2 aliphatic rings. The summed E-state index contributed by atoms with van der Waals surface area (Å²) in [7, 11) is 3.48. The first kappa shape index (κ1) is 22.7. The topological polar surface area (TPSA) is 58.6 Å². The molecule has 1 aliphatic carbocycles. The van der Waals surface area contributed by atoms with E-state index in [-0.39, 0.29) is 23.8 Å². The number of benzene rings is 2. The SMILES string of the molecule is COc1ccccc1/C=C1/SC2CCC(C(=O)NCc3ccc(Cl)cc3)CC2N(C)C1=O. The second kappa shape index (κ2) is 10.0. The van der Waals surface area contributed by atoms with Gasteiger partial charge in [0.1, 0.15) is 5.75 Å². The number of hydrogen-bond donors (Lipinski definition) is 1. The molecule has 2 aromatic rings. The summed E-state index contributed by atoms with van der Waals surface area (Å²) in [6.45, 7) is 0.482. The zero-order valence-corrected chi connectivity index (χ0v) is 19.8. The minimum absolute atomic E-state index is 0.00405. The quantitative estimate of drug-likeness (QED) is 0.641. The monoisotopic (exact) mass is 470 g/mol. The lowest BCUT2D eigenvalue weighted by Crippen LogP contribution is -2.52. The van der Waals surface area contributed by atoms with Crippen LogP contribution in [0, 0.1) is 5.92 Å². The van der Waals surface area contributed by atoms with E-state index in [4.69, 9.17) is 16.3 Å². The van der Waals surface area contributed by atoms with Gasteiger partial charge in [-0.05, 0) is 49.1 Å². The van der Waals surface area contributed by atoms with Gasteiger partial charge in [-0.15, -0.1) is 11.8 Å². The van der Waals surface area contributed by atoms with Crippen molar-refractivity contribution in [1.29, 1.82) is 0 Å². The Morgan fingerprint density at radius 3 is 2.72 bits per heavy atom. The number of thioether (sulfide) groups is 1. The maximum atomic E-state index is 13.1. The van der Waals surface area contributed by atoms with Crippen molar-refractivity contribution in [3.05, 3.63) is 69.6 Å². The van der Waals surface area contributed by atoms with E-state index in [0.717, 1.165) is 34.6 Å². The fourth-order valence-corrected chi connectivity index (χ4v) is 6.00. The van der Waals surface area contributed by atoms with Crippen molar-refractivity contribution in [3.8, 4) is 5.75 Å². The summed E-state index contributed by atoms with van der Waals surface area (Å²) < 4.78 is 5.43. The van der Waals surface area contributed by atoms with Crippen LogP contribution in [0.1, 0.15) is 30.4 Å². The summed E-state index contributed by atoms with van der Waals surface area (Å²) in [4.78, 5) is 28.4. The average molecular weight is 471 g/mol. The van der Waals surface area contributed by atoms with Crippen molar-refractivity contribution in [2.24, 2.45) is 5.92 Å². The van der Waals surface area contributed by atoms with E-state index in [1.54, 1.807) is 18.9 Å². The highest BCUT2D eigenvalue weighted by atomic mass is 35.5. The molecule has 1 saturated heterocycles. The van der Waals surface area contributed by atoms with Gasteiger partial charge in [-0.2, -0.15) is 0 Å². The van der Waals surface area contributed by atoms with Crippen LogP contribution in [0.15, 0.2) is 53.4 Å². The van der Waals surface area contributed by atoms with Crippen molar-refractivity contribution in [2.75, 3.05) is 14.2 Å². The highest BCUT2D eigenvalue weighted by Gasteiger charge is 2.42. The van der Waals surface area contributed by atoms with Crippen LogP contribution >= 0.6 is 23.4 Å². The summed E-state index contributed by atoms with van der Waals surface area (Å²) >= 11 is 7.56. The molecule has 0 radical (unpaired) electrons. The van der Waals surface area contributed by atoms with Crippen LogP contribution in [-0.2, 0) is 16.1 Å². The molecule has 4 rings (SSSR count). The molecule has 7 heteroatoms. The van der Waals surface area contributed by atoms with Crippen molar-refractivity contribution < 1.29 is 14.3 Å². The summed E-state index contributed by atoms with van der Waals surface area (Å²) in [5, 5.41) is 4.02. The first-order chi connectivity index (χ1) is 15.5. The van der Waals surface area contributed by atoms with Crippen molar-refractivity contribution in [3.63, 3.8) is 0 Å². The highest BCUT2D eigenvalue weighted by molar-refractivity contribution is 8.04. The number of amides is 2. The molecule has 1 heterocycles. The van der Waals surface area contributed by atoms with Crippen molar-refractivity contribution >= 4 is 41.3 Å². The molecule has 5 nitrogen and oxygen atoms in total. The Morgan fingerprint density at radius 1 is 1.22 bits per heavy atom. The molecule has 1 N–H and O–H groups in total. The third-order valence-corrected chi connectivity index (χ3v) is 7.89. The predicted octanol–water partition coefficient (Wildman–Crippen LogP) is 4.75. The van der Waals surface area contributed by atoms with Crippen molar-refractivity contribution in [2.45, 2.75) is 37.1 Å². The van der Waals surface area contributed by atoms with Gasteiger partial charge in [-0.1, -0.05) is 41.9 Å². The molecule has 1 aliphatic heterocycles. The van der Waals surface area contributed by atoms with Gasteiger partial charge in [0.05, 0.1) is 12.0 Å².